The van der Waals surface area contributed by atoms with Gasteiger partial charge in [0.2, 0.25) is 0 Å². The zero-order valence-electron chi connectivity index (χ0n) is 13.5. The molecular weight excluding hydrogens is 265 g/mol. The summed E-state index contributed by atoms with van der Waals surface area (Å²) >= 11 is 0. The van der Waals surface area contributed by atoms with Gasteiger partial charge in [0, 0.05) is 0 Å². The Labute approximate surface area is 145 Å². The number of unbranched alkanes of at least 4 members (excludes halogenated alkanes) is 7. The summed E-state index contributed by atoms with van der Waals surface area (Å²) in [6, 6.07) is 0. The molecule has 0 saturated heterocycles. The fraction of sp³-hybridized carbons (Fsp3) is 0.929. The summed E-state index contributed by atoms with van der Waals surface area (Å²) in [5.74, 6) is -1.12. The molecule has 0 aromatic rings. The van der Waals surface area contributed by atoms with Crippen LogP contribution in [-0.2, 0) is 4.79 Å². The van der Waals surface area contributed by atoms with Crippen LogP contribution in [0.1, 0.15) is 71.6 Å². The fourth-order valence-corrected chi connectivity index (χ4v) is 2.14. The number of carboxylic acid groups (broad SMARTS) is 1. The Balaban J connectivity index is 0. The average molecular weight is 296 g/mol. The molecular formula is C14H31N3NaO2+. The van der Waals surface area contributed by atoms with Crippen LogP contribution in [-0.4, -0.2) is 22.3 Å². The normalized spacial score (nSPS) is 14.4. The second-order valence-electron chi connectivity index (χ2n) is 5.78. The van der Waals surface area contributed by atoms with Crippen LogP contribution in [0.3, 0.4) is 0 Å². The first-order valence-corrected chi connectivity index (χ1v) is 7.35. The molecule has 6 heteroatoms. The second kappa shape index (κ2) is 11.0. The monoisotopic (exact) mass is 296 g/mol. The molecule has 5 nitrogen and oxygen atoms in total. The van der Waals surface area contributed by atoms with Crippen molar-refractivity contribution in [2.45, 2.75) is 82.8 Å². The molecule has 0 bridgehead atoms. The Morgan fingerprint density at radius 3 is 1.70 bits per heavy atom. The van der Waals surface area contributed by atoms with Crippen molar-refractivity contribution in [3.8, 4) is 0 Å². The van der Waals surface area contributed by atoms with Gasteiger partial charge in [-0.1, -0.05) is 58.3 Å². The number of hydrogen-bond donors (Lipinski definition) is 4. The van der Waals surface area contributed by atoms with Crippen LogP contribution in [0.4, 0.5) is 0 Å². The molecule has 0 radical (unpaired) electrons. The summed E-state index contributed by atoms with van der Waals surface area (Å²) in [6.07, 6.45) is 9.46. The number of nitrogens with two attached hydrogens (primary N) is 3. The first-order valence-electron chi connectivity index (χ1n) is 7.35. The van der Waals surface area contributed by atoms with Crippen LogP contribution >= 0.6 is 0 Å². The maximum absolute atomic E-state index is 11.2. The molecule has 0 aliphatic rings. The van der Waals surface area contributed by atoms with E-state index < -0.39 is 17.2 Å². The standard InChI is InChI=1S/C14H31N3O2.Na/c1-3-4-5-6-7-8-9-10-11-14(17,12(18)19)13(2,15)16;/h3-11,15-17H2,1-2H3,(H,18,19);/q;+1. The van der Waals surface area contributed by atoms with Gasteiger partial charge in [0.15, 0.2) is 0 Å². The molecule has 0 aliphatic heterocycles. The van der Waals surface area contributed by atoms with E-state index in [4.69, 9.17) is 17.2 Å². The van der Waals surface area contributed by atoms with E-state index in [1.54, 1.807) is 0 Å². The van der Waals surface area contributed by atoms with Gasteiger partial charge in [-0.3, -0.25) is 4.79 Å². The van der Waals surface area contributed by atoms with Crippen molar-refractivity contribution in [2.24, 2.45) is 17.2 Å². The van der Waals surface area contributed by atoms with Gasteiger partial charge >= 0.3 is 35.5 Å². The molecule has 0 saturated carbocycles. The third kappa shape index (κ3) is 7.96. The van der Waals surface area contributed by atoms with E-state index in [-0.39, 0.29) is 29.6 Å². The molecule has 0 heterocycles. The van der Waals surface area contributed by atoms with Gasteiger partial charge in [-0.2, -0.15) is 0 Å². The minimum Gasteiger partial charge on any atom is -0.480 e. The first-order chi connectivity index (χ1) is 8.75. The summed E-state index contributed by atoms with van der Waals surface area (Å²) in [5.41, 5.74) is 14.3. The van der Waals surface area contributed by atoms with Crippen molar-refractivity contribution in [2.75, 3.05) is 0 Å². The van der Waals surface area contributed by atoms with Gasteiger partial charge in [-0.15, -0.1) is 0 Å². The zero-order chi connectivity index (χ0) is 14.9. The molecule has 0 spiro atoms. The molecule has 0 fully saturated rings. The Morgan fingerprint density at radius 2 is 1.35 bits per heavy atom. The third-order valence-electron chi connectivity index (χ3n) is 3.77. The van der Waals surface area contributed by atoms with Gasteiger partial charge < -0.3 is 22.3 Å². The number of aliphatic carboxylic acids is 1. The summed E-state index contributed by atoms with van der Waals surface area (Å²) < 4.78 is 0. The van der Waals surface area contributed by atoms with Gasteiger partial charge in [0.25, 0.3) is 0 Å². The van der Waals surface area contributed by atoms with Crippen LogP contribution in [0.5, 0.6) is 0 Å². The molecule has 0 aliphatic carbocycles. The molecule has 0 amide bonds. The van der Waals surface area contributed by atoms with E-state index >= 15 is 0 Å². The molecule has 20 heavy (non-hydrogen) atoms. The summed E-state index contributed by atoms with van der Waals surface area (Å²) in [4.78, 5) is 11.2. The Hall–Kier alpha value is 0.350. The first kappa shape index (κ1) is 22.6. The maximum Gasteiger partial charge on any atom is 1.00 e. The predicted octanol–water partition coefficient (Wildman–Crippen LogP) is -1.06. The van der Waals surface area contributed by atoms with E-state index in [1.165, 1.54) is 39.0 Å². The molecule has 1 atom stereocenters. The van der Waals surface area contributed by atoms with Crippen LogP contribution in [0, 0.1) is 0 Å². The van der Waals surface area contributed by atoms with Crippen molar-refractivity contribution < 1.29 is 39.5 Å². The van der Waals surface area contributed by atoms with Gasteiger partial charge in [0.1, 0.15) is 5.54 Å². The van der Waals surface area contributed by atoms with Crippen molar-refractivity contribution in [1.82, 2.24) is 0 Å². The van der Waals surface area contributed by atoms with Crippen molar-refractivity contribution in [1.29, 1.82) is 0 Å². The van der Waals surface area contributed by atoms with Gasteiger partial charge in [0.05, 0.1) is 5.66 Å². The van der Waals surface area contributed by atoms with Crippen LogP contribution in [0.25, 0.3) is 0 Å². The van der Waals surface area contributed by atoms with Crippen LogP contribution < -0.4 is 46.8 Å². The van der Waals surface area contributed by atoms with E-state index in [0.29, 0.717) is 6.42 Å². The summed E-state index contributed by atoms with van der Waals surface area (Å²) in [6.45, 7) is 3.66. The van der Waals surface area contributed by atoms with E-state index in [2.05, 4.69) is 6.92 Å². The topological polar surface area (TPSA) is 115 Å². The Kier molecular flexibility index (Phi) is 12.4. The molecule has 114 valence electrons. The van der Waals surface area contributed by atoms with Crippen LogP contribution in [0.15, 0.2) is 0 Å². The molecule has 0 aromatic carbocycles. The smallest absolute Gasteiger partial charge is 0.480 e. The van der Waals surface area contributed by atoms with E-state index in [0.717, 1.165) is 19.3 Å². The summed E-state index contributed by atoms with van der Waals surface area (Å²) in [7, 11) is 0. The van der Waals surface area contributed by atoms with E-state index in [1.807, 2.05) is 0 Å². The third-order valence-corrected chi connectivity index (χ3v) is 3.77. The van der Waals surface area contributed by atoms with Crippen LogP contribution in [0.2, 0.25) is 0 Å². The minimum atomic E-state index is -1.55. The Morgan fingerprint density at radius 1 is 0.950 bits per heavy atom. The minimum absolute atomic E-state index is 0. The van der Waals surface area contributed by atoms with Gasteiger partial charge in [-0.25, -0.2) is 0 Å². The SMILES string of the molecule is CCCCCCCCCCC(N)(C(=O)O)C(C)(N)N.[Na+]. The van der Waals surface area contributed by atoms with E-state index in [9.17, 15) is 9.90 Å². The Bertz CT molecular complexity index is 270. The van der Waals surface area contributed by atoms with Crippen molar-refractivity contribution >= 4 is 5.97 Å². The largest absolute Gasteiger partial charge is 1.00 e. The average Bonchev–Trinajstić information content (AvgIpc) is 2.30. The number of rotatable bonds is 11. The second-order valence-corrected chi connectivity index (χ2v) is 5.78. The zero-order valence-corrected chi connectivity index (χ0v) is 15.5. The number of carbonyl (C=O) groups is 1. The molecule has 1 unspecified atom stereocenters. The fourth-order valence-electron chi connectivity index (χ4n) is 2.14. The van der Waals surface area contributed by atoms with Crippen molar-refractivity contribution in [3.05, 3.63) is 0 Å². The van der Waals surface area contributed by atoms with Crippen molar-refractivity contribution in [3.63, 3.8) is 0 Å². The maximum atomic E-state index is 11.2. The van der Waals surface area contributed by atoms with Gasteiger partial charge in [-0.05, 0) is 13.3 Å². The predicted molar refractivity (Wildman–Crippen MR) is 78.6 cm³/mol. The molecule has 7 N–H and O–H groups in total. The molecule has 0 aromatic heterocycles. The molecule has 0 rings (SSSR count). The summed E-state index contributed by atoms with van der Waals surface area (Å²) in [5, 5.41) is 9.18. The quantitative estimate of drug-likeness (QED) is 0.220. The number of hydrogen-bond acceptors (Lipinski definition) is 4. The number of carboxylic acids is 1.